The molecule has 4 nitrogen and oxygen atoms in total. The molecule has 0 amide bonds. The van der Waals surface area contributed by atoms with E-state index in [-0.39, 0.29) is 0 Å². The van der Waals surface area contributed by atoms with Gasteiger partial charge in [0.1, 0.15) is 6.07 Å². The Morgan fingerprint density at radius 2 is 2.20 bits per heavy atom. The summed E-state index contributed by atoms with van der Waals surface area (Å²) in [4.78, 5) is 4.34. The molecule has 0 radical (unpaired) electrons. The molecular weight excluding hydrogens is 248 g/mol. The minimum Gasteiger partial charge on any atom is -0.380 e. The number of hydrogen-bond acceptors (Lipinski definition) is 4. The van der Waals surface area contributed by atoms with Gasteiger partial charge in [-0.05, 0) is 31.4 Å². The molecular formula is C16H18N4. The zero-order valence-electron chi connectivity index (χ0n) is 11.3. The first-order chi connectivity index (χ1) is 9.83. The largest absolute Gasteiger partial charge is 0.380 e. The predicted molar refractivity (Wildman–Crippen MR) is 80.3 cm³/mol. The number of nitriles is 1. The molecule has 20 heavy (non-hydrogen) atoms. The van der Waals surface area contributed by atoms with Crippen molar-refractivity contribution in [2.45, 2.75) is 25.3 Å². The first-order valence-corrected chi connectivity index (χ1v) is 7.08. The molecule has 102 valence electrons. The van der Waals surface area contributed by atoms with Crippen LogP contribution < -0.4 is 11.1 Å². The first kappa shape index (κ1) is 12.9. The normalized spacial score (nSPS) is 21.8. The van der Waals surface area contributed by atoms with E-state index in [0.29, 0.717) is 24.1 Å². The van der Waals surface area contributed by atoms with Gasteiger partial charge in [-0.2, -0.15) is 5.26 Å². The number of nitrogens with zero attached hydrogens (tertiary/aromatic N) is 2. The molecule has 4 heteroatoms. The summed E-state index contributed by atoms with van der Waals surface area (Å²) in [5.41, 5.74) is 8.27. The van der Waals surface area contributed by atoms with Crippen LogP contribution in [0.15, 0.2) is 30.5 Å². The average molecular weight is 266 g/mol. The molecule has 0 bridgehead atoms. The van der Waals surface area contributed by atoms with Crippen molar-refractivity contribution in [3.05, 3.63) is 36.0 Å². The minimum atomic E-state index is 0.359. The van der Waals surface area contributed by atoms with Gasteiger partial charge in [0.15, 0.2) is 0 Å². The van der Waals surface area contributed by atoms with E-state index in [2.05, 4.69) is 16.4 Å². The number of benzene rings is 1. The second-order valence-corrected chi connectivity index (χ2v) is 5.35. The highest BCUT2D eigenvalue weighted by atomic mass is 14.9. The van der Waals surface area contributed by atoms with Gasteiger partial charge in [0.2, 0.25) is 0 Å². The molecule has 1 fully saturated rings. The van der Waals surface area contributed by atoms with Crippen LogP contribution in [-0.4, -0.2) is 17.6 Å². The number of hydrogen-bond donors (Lipinski definition) is 2. The molecule has 1 aliphatic carbocycles. The number of fused-ring (bicyclic) bond motifs is 1. The van der Waals surface area contributed by atoms with Crippen molar-refractivity contribution in [2.24, 2.45) is 11.7 Å². The molecule has 1 heterocycles. The van der Waals surface area contributed by atoms with Crippen molar-refractivity contribution in [3.63, 3.8) is 0 Å². The summed E-state index contributed by atoms with van der Waals surface area (Å²) in [6.07, 6.45) is 5.13. The molecule has 2 unspecified atom stereocenters. The van der Waals surface area contributed by atoms with Gasteiger partial charge < -0.3 is 11.1 Å². The lowest BCUT2D eigenvalue weighted by molar-refractivity contribution is 0.517. The second-order valence-electron chi connectivity index (χ2n) is 5.35. The van der Waals surface area contributed by atoms with Gasteiger partial charge in [0, 0.05) is 17.6 Å². The van der Waals surface area contributed by atoms with Crippen LogP contribution in [0.2, 0.25) is 0 Å². The zero-order chi connectivity index (χ0) is 13.9. The molecule has 2 atom stereocenters. The summed E-state index contributed by atoms with van der Waals surface area (Å²) in [7, 11) is 0. The number of aromatic nitrogens is 1. The number of nitrogens with two attached hydrogens (primary N) is 1. The van der Waals surface area contributed by atoms with Crippen molar-refractivity contribution >= 4 is 16.6 Å². The van der Waals surface area contributed by atoms with Crippen molar-refractivity contribution < 1.29 is 0 Å². The number of nitrogens with one attached hydrogen (secondary N) is 1. The highest BCUT2D eigenvalue weighted by Gasteiger charge is 2.27. The Bertz CT molecular complexity index is 659. The van der Waals surface area contributed by atoms with E-state index in [0.717, 1.165) is 23.0 Å². The molecule has 0 saturated heterocycles. The van der Waals surface area contributed by atoms with Crippen molar-refractivity contribution in [3.8, 4) is 6.07 Å². The minimum absolute atomic E-state index is 0.359. The van der Waals surface area contributed by atoms with Gasteiger partial charge in [0.25, 0.3) is 0 Å². The summed E-state index contributed by atoms with van der Waals surface area (Å²) in [6.45, 7) is 0.697. The maximum absolute atomic E-state index is 9.32. The van der Waals surface area contributed by atoms with E-state index < -0.39 is 0 Å². The Labute approximate surface area is 118 Å². The number of para-hydroxylation sites is 1. The van der Waals surface area contributed by atoms with Gasteiger partial charge in [-0.1, -0.05) is 24.6 Å². The van der Waals surface area contributed by atoms with E-state index in [1.165, 1.54) is 12.8 Å². The third kappa shape index (κ3) is 2.21. The Kier molecular flexibility index (Phi) is 3.53. The predicted octanol–water partition coefficient (Wildman–Crippen LogP) is 2.65. The fourth-order valence-electron chi connectivity index (χ4n) is 3.08. The third-order valence-corrected chi connectivity index (χ3v) is 4.19. The molecule has 0 aliphatic heterocycles. The van der Waals surface area contributed by atoms with Crippen LogP contribution in [0.25, 0.3) is 10.9 Å². The molecule has 0 spiro atoms. The fraction of sp³-hybridized carbons (Fsp3) is 0.375. The van der Waals surface area contributed by atoms with Crippen LogP contribution in [0.1, 0.15) is 24.8 Å². The Hall–Kier alpha value is -2.12. The van der Waals surface area contributed by atoms with Gasteiger partial charge in [-0.25, -0.2) is 0 Å². The SMILES string of the molecule is N#Cc1cnc2ccccc2c1NC1CCCC1CN. The summed E-state index contributed by atoms with van der Waals surface area (Å²) < 4.78 is 0. The van der Waals surface area contributed by atoms with Crippen LogP contribution in [0.3, 0.4) is 0 Å². The Balaban J connectivity index is 2.03. The maximum atomic E-state index is 9.32. The zero-order valence-corrected chi connectivity index (χ0v) is 11.3. The number of anilines is 1. The van der Waals surface area contributed by atoms with Gasteiger partial charge in [-0.3, -0.25) is 4.98 Å². The molecule has 3 N–H and O–H groups in total. The van der Waals surface area contributed by atoms with E-state index in [9.17, 15) is 5.26 Å². The Morgan fingerprint density at radius 1 is 1.35 bits per heavy atom. The average Bonchev–Trinajstić information content (AvgIpc) is 2.95. The standard InChI is InChI=1S/C16H18N4/c17-8-11-4-3-7-14(11)20-16-12(9-18)10-19-15-6-2-1-5-13(15)16/h1-2,5-6,10-11,14H,3-4,7-8,17H2,(H,19,20). The summed E-state index contributed by atoms with van der Waals surface area (Å²) >= 11 is 0. The maximum Gasteiger partial charge on any atom is 0.103 e. The molecule has 3 rings (SSSR count). The topological polar surface area (TPSA) is 74.7 Å². The van der Waals surface area contributed by atoms with Crippen LogP contribution >= 0.6 is 0 Å². The summed E-state index contributed by atoms with van der Waals surface area (Å²) in [6, 6.07) is 10.5. The Morgan fingerprint density at radius 3 is 3.00 bits per heavy atom. The van der Waals surface area contributed by atoms with Gasteiger partial charge in [0.05, 0.1) is 16.8 Å². The lowest BCUT2D eigenvalue weighted by Crippen LogP contribution is -2.29. The van der Waals surface area contributed by atoms with Crippen molar-refractivity contribution in [1.29, 1.82) is 5.26 Å². The van der Waals surface area contributed by atoms with Crippen molar-refractivity contribution in [1.82, 2.24) is 4.98 Å². The first-order valence-electron chi connectivity index (χ1n) is 7.08. The monoisotopic (exact) mass is 266 g/mol. The van der Waals surface area contributed by atoms with Crippen molar-refractivity contribution in [2.75, 3.05) is 11.9 Å². The smallest absolute Gasteiger partial charge is 0.103 e. The molecule has 1 aromatic carbocycles. The van der Waals surface area contributed by atoms with Crippen LogP contribution in [0.4, 0.5) is 5.69 Å². The third-order valence-electron chi connectivity index (χ3n) is 4.19. The molecule has 1 aromatic heterocycles. The van der Waals surface area contributed by atoms with E-state index in [1.807, 2.05) is 24.3 Å². The van der Waals surface area contributed by atoms with Gasteiger partial charge >= 0.3 is 0 Å². The van der Waals surface area contributed by atoms with Crippen LogP contribution in [0.5, 0.6) is 0 Å². The fourth-order valence-corrected chi connectivity index (χ4v) is 3.08. The molecule has 2 aromatic rings. The van der Waals surface area contributed by atoms with Gasteiger partial charge in [-0.15, -0.1) is 0 Å². The van der Waals surface area contributed by atoms with E-state index in [4.69, 9.17) is 5.73 Å². The van der Waals surface area contributed by atoms with E-state index in [1.54, 1.807) is 6.20 Å². The molecule has 1 aliphatic rings. The lowest BCUT2D eigenvalue weighted by Gasteiger charge is -2.22. The number of pyridine rings is 1. The van der Waals surface area contributed by atoms with E-state index >= 15 is 0 Å². The molecule has 1 saturated carbocycles. The van der Waals surface area contributed by atoms with Crippen LogP contribution in [-0.2, 0) is 0 Å². The summed E-state index contributed by atoms with van der Waals surface area (Å²) in [5.74, 6) is 0.494. The highest BCUT2D eigenvalue weighted by Crippen LogP contribution is 2.32. The lowest BCUT2D eigenvalue weighted by atomic mass is 10.0. The quantitative estimate of drug-likeness (QED) is 0.895. The summed E-state index contributed by atoms with van der Waals surface area (Å²) in [5, 5.41) is 13.9. The second kappa shape index (κ2) is 5.48. The highest BCUT2D eigenvalue weighted by molar-refractivity contribution is 5.93. The van der Waals surface area contributed by atoms with Crippen LogP contribution in [0, 0.1) is 17.2 Å². The number of rotatable bonds is 3.